The Morgan fingerprint density at radius 1 is 1.05 bits per heavy atom. The lowest BCUT2D eigenvalue weighted by Gasteiger charge is -2.12. The lowest BCUT2D eigenvalue weighted by atomic mass is 10.1. The third-order valence-corrected chi connectivity index (χ3v) is 3.14. The second-order valence-corrected chi connectivity index (χ2v) is 4.62. The summed E-state index contributed by atoms with van der Waals surface area (Å²) in [6.07, 6.45) is -0.0798. The predicted molar refractivity (Wildman–Crippen MR) is 78.7 cm³/mol. The largest absolute Gasteiger partial charge is 0.490 e. The summed E-state index contributed by atoms with van der Waals surface area (Å²) in [6.45, 7) is 1.02. The van der Waals surface area contributed by atoms with E-state index in [-0.39, 0.29) is 12.1 Å². The van der Waals surface area contributed by atoms with Gasteiger partial charge in [-0.05, 0) is 23.3 Å². The third kappa shape index (κ3) is 2.91. The smallest absolute Gasteiger partial charge is 0.282 e. The molecule has 1 atom stereocenters. The van der Waals surface area contributed by atoms with Crippen molar-refractivity contribution < 1.29 is 9.47 Å². The molecule has 2 aromatic rings. The van der Waals surface area contributed by atoms with Gasteiger partial charge in [-0.1, -0.05) is 42.5 Å². The van der Waals surface area contributed by atoms with Crippen LogP contribution in [-0.2, 0) is 4.74 Å². The molecule has 0 aromatic heterocycles. The minimum atomic E-state index is -0.0798. The fourth-order valence-corrected chi connectivity index (χ4v) is 2.09. The fourth-order valence-electron chi connectivity index (χ4n) is 2.09. The standard InChI is InChI=1S/C16H16N2O2/c17-16-18-10-15(20-16)11-19-14-8-6-13(7-9-14)12-4-2-1-3-5-12/h1-9,15H,10-11H2,(H2,17,18)/t15-/m0/s1. The van der Waals surface area contributed by atoms with Crippen LogP contribution < -0.4 is 10.5 Å². The van der Waals surface area contributed by atoms with Crippen molar-refractivity contribution in [1.29, 1.82) is 0 Å². The van der Waals surface area contributed by atoms with Crippen LogP contribution in [0.1, 0.15) is 0 Å². The third-order valence-electron chi connectivity index (χ3n) is 3.14. The minimum absolute atomic E-state index is 0.0798. The summed E-state index contributed by atoms with van der Waals surface area (Å²) in [5.74, 6) is 0.818. The van der Waals surface area contributed by atoms with Crippen LogP contribution in [0.25, 0.3) is 11.1 Å². The second-order valence-electron chi connectivity index (χ2n) is 4.62. The molecule has 0 spiro atoms. The van der Waals surface area contributed by atoms with E-state index >= 15 is 0 Å². The van der Waals surface area contributed by atoms with Crippen LogP contribution in [0, 0.1) is 0 Å². The molecular weight excluding hydrogens is 252 g/mol. The maximum atomic E-state index is 5.68. The molecule has 0 fully saturated rings. The van der Waals surface area contributed by atoms with Gasteiger partial charge in [-0.15, -0.1) is 0 Å². The maximum Gasteiger partial charge on any atom is 0.282 e. The highest BCUT2D eigenvalue weighted by Gasteiger charge is 2.18. The van der Waals surface area contributed by atoms with E-state index in [1.165, 1.54) is 11.1 Å². The maximum absolute atomic E-state index is 5.68. The van der Waals surface area contributed by atoms with Gasteiger partial charge in [0.2, 0.25) is 0 Å². The van der Waals surface area contributed by atoms with Gasteiger partial charge in [-0.3, -0.25) is 0 Å². The average Bonchev–Trinajstić information content (AvgIpc) is 2.92. The van der Waals surface area contributed by atoms with E-state index in [1.807, 2.05) is 42.5 Å². The summed E-state index contributed by atoms with van der Waals surface area (Å²) in [6, 6.07) is 18.5. The average molecular weight is 268 g/mol. The van der Waals surface area contributed by atoms with Crippen molar-refractivity contribution in [3.8, 4) is 16.9 Å². The van der Waals surface area contributed by atoms with E-state index in [2.05, 4.69) is 17.1 Å². The van der Waals surface area contributed by atoms with E-state index in [9.17, 15) is 0 Å². The van der Waals surface area contributed by atoms with E-state index in [0.29, 0.717) is 13.2 Å². The van der Waals surface area contributed by atoms with Crippen molar-refractivity contribution >= 4 is 6.02 Å². The van der Waals surface area contributed by atoms with Crippen molar-refractivity contribution in [2.24, 2.45) is 10.7 Å². The molecule has 2 N–H and O–H groups in total. The van der Waals surface area contributed by atoms with E-state index in [1.54, 1.807) is 0 Å². The van der Waals surface area contributed by atoms with Gasteiger partial charge in [0.25, 0.3) is 6.02 Å². The number of hydrogen-bond acceptors (Lipinski definition) is 4. The molecular formula is C16H16N2O2. The Morgan fingerprint density at radius 3 is 2.40 bits per heavy atom. The molecule has 0 unspecified atom stereocenters. The van der Waals surface area contributed by atoms with E-state index in [4.69, 9.17) is 15.2 Å². The Labute approximate surface area is 117 Å². The Balaban J connectivity index is 1.59. The monoisotopic (exact) mass is 268 g/mol. The topological polar surface area (TPSA) is 56.8 Å². The van der Waals surface area contributed by atoms with Crippen LogP contribution in [0.2, 0.25) is 0 Å². The summed E-state index contributed by atoms with van der Waals surface area (Å²) < 4.78 is 11.0. The van der Waals surface area contributed by atoms with Crippen LogP contribution >= 0.6 is 0 Å². The Morgan fingerprint density at radius 2 is 1.75 bits per heavy atom. The minimum Gasteiger partial charge on any atom is -0.490 e. The fraction of sp³-hybridized carbons (Fsp3) is 0.188. The first-order valence-electron chi connectivity index (χ1n) is 6.56. The van der Waals surface area contributed by atoms with Gasteiger partial charge in [0.1, 0.15) is 12.4 Å². The summed E-state index contributed by atoms with van der Waals surface area (Å²) in [7, 11) is 0. The summed E-state index contributed by atoms with van der Waals surface area (Å²) in [5, 5.41) is 0. The molecule has 2 aromatic carbocycles. The van der Waals surface area contributed by atoms with E-state index in [0.717, 1.165) is 5.75 Å². The highest BCUT2D eigenvalue weighted by molar-refractivity contribution is 5.73. The van der Waals surface area contributed by atoms with Gasteiger partial charge in [0.05, 0.1) is 6.54 Å². The Bertz CT molecular complexity index is 594. The van der Waals surface area contributed by atoms with Crippen LogP contribution in [-0.4, -0.2) is 25.3 Å². The zero-order chi connectivity index (χ0) is 13.8. The molecule has 0 saturated carbocycles. The summed E-state index contributed by atoms with van der Waals surface area (Å²) in [4.78, 5) is 3.98. The van der Waals surface area contributed by atoms with E-state index < -0.39 is 0 Å². The SMILES string of the molecule is NC1=NC[C@@H](COc2ccc(-c3ccccc3)cc2)O1. The summed E-state index contributed by atoms with van der Waals surface area (Å²) in [5.41, 5.74) is 7.81. The molecule has 4 nitrogen and oxygen atoms in total. The van der Waals surface area contributed by atoms with Gasteiger partial charge in [0.15, 0.2) is 6.10 Å². The summed E-state index contributed by atoms with van der Waals surface area (Å²) >= 11 is 0. The van der Waals surface area contributed by atoms with Crippen molar-refractivity contribution in [3.05, 3.63) is 54.6 Å². The first-order chi connectivity index (χ1) is 9.81. The molecule has 1 heterocycles. The number of aliphatic imine (C=N–C) groups is 1. The van der Waals surface area contributed by atoms with Crippen LogP contribution in [0.3, 0.4) is 0 Å². The number of nitrogens with zero attached hydrogens (tertiary/aromatic N) is 1. The van der Waals surface area contributed by atoms with Crippen molar-refractivity contribution in [3.63, 3.8) is 0 Å². The highest BCUT2D eigenvalue weighted by atomic mass is 16.5. The zero-order valence-electron chi connectivity index (χ0n) is 11.0. The quantitative estimate of drug-likeness (QED) is 0.926. The molecule has 0 aliphatic carbocycles. The predicted octanol–water partition coefficient (Wildman–Crippen LogP) is 2.45. The number of benzene rings is 2. The van der Waals surface area contributed by atoms with Gasteiger partial charge in [-0.25, -0.2) is 4.99 Å². The molecule has 0 saturated heterocycles. The molecule has 1 aliphatic rings. The van der Waals surface area contributed by atoms with Gasteiger partial charge in [0, 0.05) is 0 Å². The number of rotatable bonds is 4. The number of amidine groups is 1. The van der Waals surface area contributed by atoms with Gasteiger partial charge >= 0.3 is 0 Å². The Hall–Kier alpha value is -2.49. The molecule has 102 valence electrons. The number of hydrogen-bond donors (Lipinski definition) is 1. The van der Waals surface area contributed by atoms with Gasteiger partial charge in [-0.2, -0.15) is 0 Å². The molecule has 3 rings (SSSR count). The molecule has 0 amide bonds. The lowest BCUT2D eigenvalue weighted by Crippen LogP contribution is -2.24. The van der Waals surface area contributed by atoms with Crippen LogP contribution in [0.15, 0.2) is 59.6 Å². The first-order valence-corrected chi connectivity index (χ1v) is 6.56. The molecule has 20 heavy (non-hydrogen) atoms. The first kappa shape index (κ1) is 12.5. The van der Waals surface area contributed by atoms with Crippen molar-refractivity contribution in [1.82, 2.24) is 0 Å². The molecule has 0 radical (unpaired) electrons. The van der Waals surface area contributed by atoms with Crippen molar-refractivity contribution in [2.75, 3.05) is 13.2 Å². The van der Waals surface area contributed by atoms with Crippen molar-refractivity contribution in [2.45, 2.75) is 6.10 Å². The second kappa shape index (κ2) is 5.65. The highest BCUT2D eigenvalue weighted by Crippen LogP contribution is 2.22. The number of ether oxygens (including phenoxy) is 2. The Kier molecular flexibility index (Phi) is 3.54. The molecule has 1 aliphatic heterocycles. The van der Waals surface area contributed by atoms with Gasteiger partial charge < -0.3 is 15.2 Å². The molecule has 4 heteroatoms. The number of nitrogens with two attached hydrogens (primary N) is 1. The normalized spacial score (nSPS) is 17.4. The van der Waals surface area contributed by atoms with Crippen LogP contribution in [0.4, 0.5) is 0 Å². The molecule has 0 bridgehead atoms. The zero-order valence-corrected chi connectivity index (χ0v) is 11.0. The van der Waals surface area contributed by atoms with Crippen LogP contribution in [0.5, 0.6) is 5.75 Å². The lowest BCUT2D eigenvalue weighted by molar-refractivity contribution is 0.141.